The number of thiol groups is 1. The Hall–Kier alpha value is -0.750. The van der Waals surface area contributed by atoms with E-state index in [2.05, 4.69) is 23.3 Å². The number of hydrogen-bond acceptors (Lipinski definition) is 4. The lowest BCUT2D eigenvalue weighted by Gasteiger charge is -2.24. The largest absolute Gasteiger partial charge is 0.350 e. The van der Waals surface area contributed by atoms with Gasteiger partial charge in [-0.05, 0) is 13.3 Å². The van der Waals surface area contributed by atoms with Crippen molar-refractivity contribution in [2.75, 3.05) is 5.75 Å². The molecule has 0 radical (unpaired) electrons. The Kier molecular flexibility index (Phi) is 7.99. The summed E-state index contributed by atoms with van der Waals surface area (Å²) in [4.78, 5) is 22.8. The second-order valence-electron chi connectivity index (χ2n) is 4.20. The Labute approximate surface area is 108 Å². The highest BCUT2D eigenvalue weighted by Gasteiger charge is 2.22. The molecule has 0 aliphatic heterocycles. The molecule has 100 valence electrons. The molecule has 0 heterocycles. The standard InChI is InChI=1S/C11H23N3O2S/c1-4-5-9(7(2)12)14-11(16)10(6-17)13-8(3)15/h7,9-10,17H,4-6,12H2,1-3H3,(H,13,15)(H,14,16). The molecule has 2 amide bonds. The number of carbonyl (C=O) groups is 2. The van der Waals surface area contributed by atoms with Crippen LogP contribution in [0.2, 0.25) is 0 Å². The zero-order valence-electron chi connectivity index (χ0n) is 10.7. The van der Waals surface area contributed by atoms with Gasteiger partial charge in [0.25, 0.3) is 0 Å². The summed E-state index contributed by atoms with van der Waals surface area (Å²) in [5.74, 6) is -0.207. The maximum Gasteiger partial charge on any atom is 0.243 e. The minimum atomic E-state index is -0.603. The molecule has 0 aromatic carbocycles. The number of nitrogens with two attached hydrogens (primary N) is 1. The fraction of sp³-hybridized carbons (Fsp3) is 0.818. The van der Waals surface area contributed by atoms with E-state index in [1.165, 1.54) is 6.92 Å². The third-order valence-electron chi connectivity index (χ3n) is 2.44. The molecule has 4 N–H and O–H groups in total. The van der Waals surface area contributed by atoms with Crippen molar-refractivity contribution in [3.05, 3.63) is 0 Å². The highest BCUT2D eigenvalue weighted by atomic mass is 32.1. The van der Waals surface area contributed by atoms with E-state index in [4.69, 9.17) is 5.73 Å². The lowest BCUT2D eigenvalue weighted by molar-refractivity contribution is -0.128. The molecule has 3 atom stereocenters. The number of amides is 2. The molecule has 0 bridgehead atoms. The van der Waals surface area contributed by atoms with Crippen LogP contribution in [0.15, 0.2) is 0 Å². The van der Waals surface area contributed by atoms with E-state index < -0.39 is 6.04 Å². The number of hydrogen-bond donors (Lipinski definition) is 4. The highest BCUT2D eigenvalue weighted by Crippen LogP contribution is 2.01. The molecule has 0 saturated heterocycles. The molecule has 0 fully saturated rings. The molecule has 3 unspecified atom stereocenters. The number of carbonyl (C=O) groups excluding carboxylic acids is 2. The Balaban J connectivity index is 4.40. The fourth-order valence-corrected chi connectivity index (χ4v) is 1.76. The van der Waals surface area contributed by atoms with Crippen LogP contribution in [0.1, 0.15) is 33.6 Å². The molecule has 0 aromatic rings. The molecular formula is C11H23N3O2S. The van der Waals surface area contributed by atoms with Crippen LogP contribution in [0.5, 0.6) is 0 Å². The lowest BCUT2D eigenvalue weighted by Crippen LogP contribution is -2.54. The van der Waals surface area contributed by atoms with Gasteiger partial charge < -0.3 is 16.4 Å². The Morgan fingerprint density at radius 3 is 2.29 bits per heavy atom. The smallest absolute Gasteiger partial charge is 0.243 e. The number of rotatable bonds is 7. The average molecular weight is 261 g/mol. The zero-order valence-corrected chi connectivity index (χ0v) is 11.6. The third kappa shape index (κ3) is 6.53. The quantitative estimate of drug-likeness (QED) is 0.489. The van der Waals surface area contributed by atoms with Crippen LogP contribution >= 0.6 is 12.6 Å². The van der Waals surface area contributed by atoms with Crippen LogP contribution in [0, 0.1) is 0 Å². The molecule has 6 heteroatoms. The molecule has 0 saturated carbocycles. The van der Waals surface area contributed by atoms with Gasteiger partial charge in [0.05, 0.1) is 0 Å². The summed E-state index contributed by atoms with van der Waals surface area (Å²) in [6.07, 6.45) is 1.76. The predicted octanol–water partition coefficient (Wildman–Crippen LogP) is 0.0530. The molecule has 5 nitrogen and oxygen atoms in total. The summed E-state index contributed by atoms with van der Waals surface area (Å²) in [5.41, 5.74) is 5.79. The summed E-state index contributed by atoms with van der Waals surface area (Å²) in [5, 5.41) is 5.39. The van der Waals surface area contributed by atoms with E-state index in [1.807, 2.05) is 13.8 Å². The molecule has 0 aliphatic rings. The van der Waals surface area contributed by atoms with Crippen molar-refractivity contribution in [3.8, 4) is 0 Å². The first-order valence-electron chi connectivity index (χ1n) is 5.86. The van der Waals surface area contributed by atoms with Gasteiger partial charge in [-0.3, -0.25) is 9.59 Å². The van der Waals surface area contributed by atoms with E-state index in [0.717, 1.165) is 12.8 Å². The van der Waals surface area contributed by atoms with Gasteiger partial charge in [0, 0.05) is 24.8 Å². The van der Waals surface area contributed by atoms with Crippen LogP contribution in [0.3, 0.4) is 0 Å². The van der Waals surface area contributed by atoms with Gasteiger partial charge in [-0.15, -0.1) is 0 Å². The van der Waals surface area contributed by atoms with Crippen molar-refractivity contribution in [2.24, 2.45) is 5.73 Å². The summed E-state index contributed by atoms with van der Waals surface area (Å²) < 4.78 is 0. The van der Waals surface area contributed by atoms with Crippen LogP contribution in [0.4, 0.5) is 0 Å². The molecule has 0 aliphatic carbocycles. The zero-order chi connectivity index (χ0) is 13.4. The van der Waals surface area contributed by atoms with Crippen molar-refractivity contribution >= 4 is 24.4 Å². The SMILES string of the molecule is CCCC(NC(=O)C(CS)NC(C)=O)C(C)N. The first kappa shape index (κ1) is 16.2. The molecule has 0 rings (SSSR count). The monoisotopic (exact) mass is 261 g/mol. The van der Waals surface area contributed by atoms with Gasteiger partial charge in [0.2, 0.25) is 11.8 Å². The van der Waals surface area contributed by atoms with Gasteiger partial charge in [-0.2, -0.15) is 12.6 Å². The van der Waals surface area contributed by atoms with E-state index in [-0.39, 0.29) is 29.7 Å². The minimum absolute atomic E-state index is 0.0661. The van der Waals surface area contributed by atoms with Crippen LogP contribution < -0.4 is 16.4 Å². The first-order valence-corrected chi connectivity index (χ1v) is 6.49. The average Bonchev–Trinajstić information content (AvgIpc) is 2.24. The number of nitrogens with one attached hydrogen (secondary N) is 2. The lowest BCUT2D eigenvalue weighted by atomic mass is 10.1. The second-order valence-corrected chi connectivity index (χ2v) is 4.56. The van der Waals surface area contributed by atoms with E-state index in [0.29, 0.717) is 0 Å². The highest BCUT2D eigenvalue weighted by molar-refractivity contribution is 7.80. The van der Waals surface area contributed by atoms with E-state index in [9.17, 15) is 9.59 Å². The summed E-state index contributed by atoms with van der Waals surface area (Å²) in [6.45, 7) is 5.26. The van der Waals surface area contributed by atoms with Gasteiger partial charge >= 0.3 is 0 Å². The van der Waals surface area contributed by atoms with E-state index >= 15 is 0 Å². The van der Waals surface area contributed by atoms with Gasteiger partial charge in [0.15, 0.2) is 0 Å². The van der Waals surface area contributed by atoms with Gasteiger partial charge in [-0.25, -0.2) is 0 Å². The van der Waals surface area contributed by atoms with Crippen molar-refractivity contribution < 1.29 is 9.59 Å². The summed E-state index contributed by atoms with van der Waals surface area (Å²) in [7, 11) is 0. The second kappa shape index (κ2) is 8.36. The maximum absolute atomic E-state index is 11.9. The Morgan fingerprint density at radius 1 is 1.35 bits per heavy atom. The fourth-order valence-electron chi connectivity index (χ4n) is 1.50. The van der Waals surface area contributed by atoms with Crippen molar-refractivity contribution in [3.63, 3.8) is 0 Å². The summed E-state index contributed by atoms with van der Waals surface area (Å²) >= 11 is 4.05. The normalized spacial score (nSPS) is 15.8. The molecule has 17 heavy (non-hydrogen) atoms. The molecule has 0 aromatic heterocycles. The minimum Gasteiger partial charge on any atom is -0.350 e. The maximum atomic E-state index is 11.9. The topological polar surface area (TPSA) is 84.2 Å². The van der Waals surface area contributed by atoms with Gasteiger partial charge in [-0.1, -0.05) is 13.3 Å². The predicted molar refractivity (Wildman–Crippen MR) is 71.9 cm³/mol. The third-order valence-corrected chi connectivity index (χ3v) is 2.80. The van der Waals surface area contributed by atoms with Crippen LogP contribution in [-0.2, 0) is 9.59 Å². The first-order chi connectivity index (χ1) is 7.92. The van der Waals surface area contributed by atoms with Crippen LogP contribution in [-0.4, -0.2) is 35.7 Å². The van der Waals surface area contributed by atoms with Crippen LogP contribution in [0.25, 0.3) is 0 Å². The van der Waals surface area contributed by atoms with Crippen molar-refractivity contribution in [1.82, 2.24) is 10.6 Å². The Morgan fingerprint density at radius 2 is 1.94 bits per heavy atom. The van der Waals surface area contributed by atoms with Crippen molar-refractivity contribution in [2.45, 2.75) is 51.7 Å². The van der Waals surface area contributed by atoms with Crippen molar-refractivity contribution in [1.29, 1.82) is 0 Å². The van der Waals surface area contributed by atoms with Gasteiger partial charge in [0.1, 0.15) is 6.04 Å². The molecule has 0 spiro atoms. The van der Waals surface area contributed by atoms with E-state index in [1.54, 1.807) is 0 Å². The molecular weight excluding hydrogens is 238 g/mol. The Bertz CT molecular complexity index is 259. The summed E-state index contributed by atoms with van der Waals surface area (Å²) in [6, 6.07) is -0.783.